The van der Waals surface area contributed by atoms with Gasteiger partial charge in [0.15, 0.2) is 0 Å². The van der Waals surface area contributed by atoms with Crippen LogP contribution >= 0.6 is 0 Å². The third-order valence-electron chi connectivity index (χ3n) is 6.12. The van der Waals surface area contributed by atoms with E-state index in [1.54, 1.807) is 12.1 Å². The van der Waals surface area contributed by atoms with Crippen molar-refractivity contribution < 1.29 is 9.90 Å². The summed E-state index contributed by atoms with van der Waals surface area (Å²) in [5, 5.41) is 9.17. The maximum atomic E-state index is 11.2. The van der Waals surface area contributed by atoms with Crippen LogP contribution in [0.3, 0.4) is 0 Å². The second-order valence-corrected chi connectivity index (χ2v) is 7.49. The second-order valence-electron chi connectivity index (χ2n) is 7.49. The van der Waals surface area contributed by atoms with E-state index in [4.69, 9.17) is 0 Å². The minimum Gasteiger partial charge on any atom is -0.478 e. The molecular formula is C22H25NO2. The molecule has 2 aromatic carbocycles. The van der Waals surface area contributed by atoms with Crippen molar-refractivity contribution in [2.45, 2.75) is 32.1 Å². The Morgan fingerprint density at radius 1 is 1.16 bits per heavy atom. The lowest BCUT2D eigenvalue weighted by atomic mass is 9.78. The molecule has 3 nitrogen and oxygen atoms in total. The standard InChI is InChI=1S/C22H25NO2/c1-3-23-11-10-18-20(13-23)17-9-4-14(2)12-19(17)21(18)15-5-7-16(8-6-15)22(24)25/h4-9,12,18,20-21H,3,10-11,13H2,1-2H3,(H,24,25)/t18-,20-,21-/m0/s1. The van der Waals surface area contributed by atoms with Crippen LogP contribution in [0.5, 0.6) is 0 Å². The molecule has 1 aliphatic carbocycles. The van der Waals surface area contributed by atoms with Crippen LogP contribution in [-0.4, -0.2) is 35.6 Å². The Morgan fingerprint density at radius 2 is 1.92 bits per heavy atom. The van der Waals surface area contributed by atoms with Gasteiger partial charge in [-0.1, -0.05) is 42.8 Å². The lowest BCUT2D eigenvalue weighted by molar-refractivity contribution is 0.0697. The first kappa shape index (κ1) is 16.3. The average molecular weight is 335 g/mol. The van der Waals surface area contributed by atoms with Gasteiger partial charge in [-0.2, -0.15) is 0 Å². The molecule has 0 bridgehead atoms. The lowest BCUT2D eigenvalue weighted by Gasteiger charge is -2.37. The normalized spacial score (nSPS) is 25.4. The number of aromatic carboxylic acids is 1. The van der Waals surface area contributed by atoms with Gasteiger partial charge < -0.3 is 10.0 Å². The number of nitrogens with zero attached hydrogens (tertiary/aromatic N) is 1. The maximum Gasteiger partial charge on any atom is 0.335 e. The fraction of sp³-hybridized carbons (Fsp3) is 0.409. The molecule has 1 heterocycles. The van der Waals surface area contributed by atoms with E-state index >= 15 is 0 Å². The zero-order chi connectivity index (χ0) is 17.6. The predicted molar refractivity (Wildman–Crippen MR) is 99.4 cm³/mol. The van der Waals surface area contributed by atoms with Crippen molar-refractivity contribution >= 4 is 5.97 Å². The molecule has 3 heteroatoms. The number of hydrogen-bond donors (Lipinski definition) is 1. The van der Waals surface area contributed by atoms with Crippen LogP contribution in [0, 0.1) is 12.8 Å². The van der Waals surface area contributed by atoms with Crippen molar-refractivity contribution in [1.82, 2.24) is 4.90 Å². The number of benzene rings is 2. The van der Waals surface area contributed by atoms with Gasteiger partial charge in [0.05, 0.1) is 5.56 Å². The number of carboxylic acid groups (broad SMARTS) is 1. The van der Waals surface area contributed by atoms with E-state index in [1.807, 2.05) is 12.1 Å². The molecule has 3 atom stereocenters. The molecule has 1 N–H and O–H groups in total. The number of likely N-dealkylation sites (N-methyl/N-ethyl adjacent to an activating group) is 1. The van der Waals surface area contributed by atoms with Crippen LogP contribution in [0.1, 0.15) is 57.8 Å². The van der Waals surface area contributed by atoms with E-state index in [0.717, 1.165) is 19.6 Å². The van der Waals surface area contributed by atoms with Crippen molar-refractivity contribution in [1.29, 1.82) is 0 Å². The highest BCUT2D eigenvalue weighted by Crippen LogP contribution is 2.53. The van der Waals surface area contributed by atoms with Crippen LogP contribution < -0.4 is 0 Å². The van der Waals surface area contributed by atoms with Gasteiger partial charge in [-0.15, -0.1) is 0 Å². The quantitative estimate of drug-likeness (QED) is 0.911. The van der Waals surface area contributed by atoms with Crippen LogP contribution in [-0.2, 0) is 0 Å². The fourth-order valence-corrected chi connectivity index (χ4v) is 4.84. The molecule has 2 aromatic rings. The number of carboxylic acids is 1. The minimum atomic E-state index is -0.858. The molecule has 1 saturated heterocycles. The number of likely N-dealkylation sites (tertiary alicyclic amines) is 1. The predicted octanol–water partition coefficient (Wildman–Crippen LogP) is 4.26. The first-order chi connectivity index (χ1) is 12.1. The van der Waals surface area contributed by atoms with Crippen molar-refractivity contribution in [3.8, 4) is 0 Å². The first-order valence-corrected chi connectivity index (χ1v) is 9.24. The van der Waals surface area contributed by atoms with Crippen LogP contribution in [0.25, 0.3) is 0 Å². The highest BCUT2D eigenvalue weighted by atomic mass is 16.4. The van der Waals surface area contributed by atoms with Gasteiger partial charge in [-0.05, 0) is 61.2 Å². The van der Waals surface area contributed by atoms with Gasteiger partial charge in [0.1, 0.15) is 0 Å². The van der Waals surface area contributed by atoms with Crippen LogP contribution in [0.15, 0.2) is 42.5 Å². The Kier molecular flexibility index (Phi) is 4.12. The maximum absolute atomic E-state index is 11.2. The molecular weight excluding hydrogens is 310 g/mol. The number of aryl methyl sites for hydroxylation is 1. The number of hydrogen-bond acceptors (Lipinski definition) is 2. The summed E-state index contributed by atoms with van der Waals surface area (Å²) in [5.41, 5.74) is 5.88. The first-order valence-electron chi connectivity index (χ1n) is 9.24. The number of piperidine rings is 1. The second kappa shape index (κ2) is 6.30. The summed E-state index contributed by atoms with van der Waals surface area (Å²) in [5.74, 6) is 0.744. The van der Waals surface area contributed by atoms with E-state index in [-0.39, 0.29) is 0 Å². The van der Waals surface area contributed by atoms with Gasteiger partial charge in [0.2, 0.25) is 0 Å². The van der Waals surface area contributed by atoms with E-state index < -0.39 is 5.97 Å². The smallest absolute Gasteiger partial charge is 0.335 e. The van der Waals surface area contributed by atoms with E-state index in [2.05, 4.69) is 36.9 Å². The SMILES string of the molecule is CCN1CC[C@@H]2[C@H](c3ccc(C(=O)O)cc3)c3cc(C)ccc3[C@@H]2C1. The largest absolute Gasteiger partial charge is 0.478 e. The van der Waals surface area contributed by atoms with E-state index in [0.29, 0.717) is 23.3 Å². The molecule has 0 spiro atoms. The van der Waals surface area contributed by atoms with Gasteiger partial charge >= 0.3 is 5.97 Å². The van der Waals surface area contributed by atoms with Crippen molar-refractivity contribution in [2.75, 3.05) is 19.6 Å². The van der Waals surface area contributed by atoms with Crippen molar-refractivity contribution in [3.05, 3.63) is 70.3 Å². The minimum absolute atomic E-state index is 0.364. The summed E-state index contributed by atoms with van der Waals surface area (Å²) < 4.78 is 0. The summed E-state index contributed by atoms with van der Waals surface area (Å²) >= 11 is 0. The Balaban J connectivity index is 1.76. The summed E-state index contributed by atoms with van der Waals surface area (Å²) in [7, 11) is 0. The molecule has 1 aliphatic heterocycles. The van der Waals surface area contributed by atoms with Crippen molar-refractivity contribution in [2.24, 2.45) is 5.92 Å². The molecule has 25 heavy (non-hydrogen) atoms. The van der Waals surface area contributed by atoms with Crippen LogP contribution in [0.2, 0.25) is 0 Å². The van der Waals surface area contributed by atoms with Crippen molar-refractivity contribution in [3.63, 3.8) is 0 Å². The topological polar surface area (TPSA) is 40.5 Å². The monoisotopic (exact) mass is 335 g/mol. The van der Waals surface area contributed by atoms with Gasteiger partial charge in [-0.25, -0.2) is 4.79 Å². The molecule has 0 radical (unpaired) electrons. The fourth-order valence-electron chi connectivity index (χ4n) is 4.84. The third kappa shape index (κ3) is 2.77. The van der Waals surface area contributed by atoms with Gasteiger partial charge in [-0.3, -0.25) is 0 Å². The summed E-state index contributed by atoms with van der Waals surface area (Å²) in [6.45, 7) is 7.82. The lowest BCUT2D eigenvalue weighted by Crippen LogP contribution is -2.38. The van der Waals surface area contributed by atoms with E-state index in [9.17, 15) is 9.90 Å². The molecule has 0 saturated carbocycles. The zero-order valence-corrected chi connectivity index (χ0v) is 14.9. The van der Waals surface area contributed by atoms with Gasteiger partial charge in [0.25, 0.3) is 0 Å². The summed E-state index contributed by atoms with van der Waals surface area (Å²) in [4.78, 5) is 13.7. The molecule has 4 rings (SSSR count). The third-order valence-corrected chi connectivity index (χ3v) is 6.12. The average Bonchev–Trinajstić information content (AvgIpc) is 2.94. The highest BCUT2D eigenvalue weighted by Gasteiger charge is 2.43. The molecule has 1 fully saturated rings. The molecule has 0 unspecified atom stereocenters. The summed E-state index contributed by atoms with van der Waals surface area (Å²) in [6.07, 6.45) is 1.21. The molecule has 0 aromatic heterocycles. The number of carbonyl (C=O) groups is 1. The Labute approximate surface area is 149 Å². The Hall–Kier alpha value is -2.13. The van der Waals surface area contributed by atoms with Crippen LogP contribution in [0.4, 0.5) is 0 Å². The summed E-state index contributed by atoms with van der Waals surface area (Å²) in [6, 6.07) is 14.5. The molecule has 2 aliphatic rings. The Morgan fingerprint density at radius 3 is 2.60 bits per heavy atom. The number of rotatable bonds is 3. The van der Waals surface area contributed by atoms with Gasteiger partial charge in [0, 0.05) is 18.4 Å². The van der Waals surface area contributed by atoms with E-state index in [1.165, 1.54) is 28.7 Å². The molecule has 130 valence electrons. The highest BCUT2D eigenvalue weighted by molar-refractivity contribution is 5.87. The Bertz CT molecular complexity index is 796. The zero-order valence-electron chi connectivity index (χ0n) is 14.9. The molecule has 0 amide bonds. The number of fused-ring (bicyclic) bond motifs is 3.